The van der Waals surface area contributed by atoms with Crippen molar-refractivity contribution in [3.8, 4) is 0 Å². The number of nitrogens with zero attached hydrogens (tertiary/aromatic N) is 4. The molecule has 7 nitrogen and oxygen atoms in total. The molecule has 0 saturated carbocycles. The van der Waals surface area contributed by atoms with Crippen molar-refractivity contribution in [2.75, 3.05) is 18.4 Å². The Hall–Kier alpha value is -3.71. The Morgan fingerprint density at radius 2 is 1.75 bits per heavy atom. The Bertz CT molecular complexity index is 1260. The zero-order valence-corrected chi connectivity index (χ0v) is 18.3. The minimum Gasteiger partial charge on any atom is -0.324 e. The Labute approximate surface area is 186 Å². The van der Waals surface area contributed by atoms with E-state index in [9.17, 15) is 9.59 Å². The molecule has 4 aromatic rings. The van der Waals surface area contributed by atoms with Crippen molar-refractivity contribution in [2.24, 2.45) is 0 Å². The second-order valence-corrected chi connectivity index (χ2v) is 7.59. The van der Waals surface area contributed by atoms with Crippen LogP contribution in [0.25, 0.3) is 5.65 Å². The summed E-state index contributed by atoms with van der Waals surface area (Å²) in [5.74, 6) is -0.0815. The van der Waals surface area contributed by atoms with Gasteiger partial charge in [0.25, 0.3) is 0 Å². The van der Waals surface area contributed by atoms with Crippen LogP contribution in [0.1, 0.15) is 31.0 Å². The molecule has 0 aliphatic rings. The van der Waals surface area contributed by atoms with Gasteiger partial charge in [-0.05, 0) is 48.5 Å². The van der Waals surface area contributed by atoms with E-state index < -0.39 is 0 Å². The van der Waals surface area contributed by atoms with Gasteiger partial charge in [0.15, 0.2) is 5.65 Å². The molecule has 32 heavy (non-hydrogen) atoms. The predicted molar refractivity (Wildman–Crippen MR) is 126 cm³/mol. The first kappa shape index (κ1) is 21.5. The van der Waals surface area contributed by atoms with Gasteiger partial charge in [0.2, 0.25) is 5.91 Å². The number of fused-ring (bicyclic) bond motifs is 1. The first-order chi connectivity index (χ1) is 15.6. The molecule has 0 radical (unpaired) electrons. The van der Waals surface area contributed by atoms with E-state index in [-0.39, 0.29) is 17.6 Å². The van der Waals surface area contributed by atoms with Gasteiger partial charge in [-0.1, -0.05) is 62.4 Å². The maximum absolute atomic E-state index is 13.3. The summed E-state index contributed by atoms with van der Waals surface area (Å²) in [6, 6.07) is 22.4. The second-order valence-electron chi connectivity index (χ2n) is 7.59. The van der Waals surface area contributed by atoms with Gasteiger partial charge in [-0.15, -0.1) is 5.10 Å². The van der Waals surface area contributed by atoms with Crippen molar-refractivity contribution in [1.29, 1.82) is 0 Å². The molecular formula is C25H27N5O2. The van der Waals surface area contributed by atoms with Gasteiger partial charge < -0.3 is 5.32 Å². The molecule has 1 N–H and O–H groups in total. The maximum atomic E-state index is 13.3. The number of nitrogens with one attached hydrogen (secondary N) is 1. The van der Waals surface area contributed by atoms with Gasteiger partial charge in [-0.25, -0.2) is 9.48 Å². The molecule has 0 spiro atoms. The van der Waals surface area contributed by atoms with Crippen molar-refractivity contribution < 1.29 is 4.79 Å². The number of aromatic nitrogens is 3. The summed E-state index contributed by atoms with van der Waals surface area (Å²) in [6.45, 7) is 5.96. The standard InChI is InChI=1S/C25H27N5O2/c1-3-28(4-2)23(20-12-6-5-7-13-20)24(31)26-21-14-10-11-19(17-21)18-30-25(32)29-16-9-8-15-22(29)27-30/h5-17,23H,3-4,18H2,1-2H3,(H,26,31). The minimum atomic E-state index is -0.379. The Balaban J connectivity index is 1.56. The van der Waals surface area contributed by atoms with E-state index in [0.29, 0.717) is 17.9 Å². The van der Waals surface area contributed by atoms with Crippen LogP contribution in [0.3, 0.4) is 0 Å². The average Bonchev–Trinajstić information content (AvgIpc) is 3.13. The summed E-state index contributed by atoms with van der Waals surface area (Å²) in [5.41, 5.74) is 2.94. The molecule has 0 aliphatic heterocycles. The fourth-order valence-electron chi connectivity index (χ4n) is 3.95. The van der Waals surface area contributed by atoms with Gasteiger partial charge in [-0.2, -0.15) is 0 Å². The monoisotopic (exact) mass is 429 g/mol. The Morgan fingerprint density at radius 1 is 1.00 bits per heavy atom. The Kier molecular flexibility index (Phi) is 6.47. The summed E-state index contributed by atoms with van der Waals surface area (Å²) in [7, 11) is 0. The Morgan fingerprint density at radius 3 is 2.47 bits per heavy atom. The van der Waals surface area contributed by atoms with Crippen LogP contribution in [0.4, 0.5) is 5.69 Å². The molecule has 1 amide bonds. The molecular weight excluding hydrogens is 402 g/mol. The zero-order valence-electron chi connectivity index (χ0n) is 18.3. The van der Waals surface area contributed by atoms with E-state index in [4.69, 9.17) is 0 Å². The fraction of sp³-hybridized carbons (Fsp3) is 0.240. The van der Waals surface area contributed by atoms with E-state index >= 15 is 0 Å². The van der Waals surface area contributed by atoms with Gasteiger partial charge >= 0.3 is 5.69 Å². The van der Waals surface area contributed by atoms with Crippen molar-refractivity contribution in [3.63, 3.8) is 0 Å². The summed E-state index contributed by atoms with van der Waals surface area (Å²) < 4.78 is 2.94. The van der Waals surface area contributed by atoms with Crippen LogP contribution in [0.5, 0.6) is 0 Å². The molecule has 1 atom stereocenters. The number of hydrogen-bond donors (Lipinski definition) is 1. The van der Waals surface area contributed by atoms with Crippen LogP contribution in [-0.4, -0.2) is 38.1 Å². The topological polar surface area (TPSA) is 71.6 Å². The highest BCUT2D eigenvalue weighted by Crippen LogP contribution is 2.23. The van der Waals surface area contributed by atoms with Crippen molar-refractivity contribution in [3.05, 3.63) is 101 Å². The largest absolute Gasteiger partial charge is 0.350 e. The molecule has 2 aromatic heterocycles. The van der Waals surface area contributed by atoms with Crippen LogP contribution in [0, 0.1) is 0 Å². The number of benzene rings is 2. The molecule has 2 aromatic carbocycles. The molecule has 2 heterocycles. The lowest BCUT2D eigenvalue weighted by atomic mass is 10.0. The first-order valence-corrected chi connectivity index (χ1v) is 10.8. The average molecular weight is 430 g/mol. The molecule has 0 fully saturated rings. The fourth-order valence-corrected chi connectivity index (χ4v) is 3.95. The van der Waals surface area contributed by atoms with Crippen LogP contribution >= 0.6 is 0 Å². The third-order valence-corrected chi connectivity index (χ3v) is 5.56. The number of pyridine rings is 1. The summed E-state index contributed by atoms with van der Waals surface area (Å²) in [4.78, 5) is 28.0. The first-order valence-electron chi connectivity index (χ1n) is 10.8. The molecule has 0 aliphatic carbocycles. The maximum Gasteiger partial charge on any atom is 0.350 e. The number of likely N-dealkylation sites (N-methyl/N-ethyl adjacent to an activating group) is 1. The van der Waals surface area contributed by atoms with Crippen molar-refractivity contribution in [2.45, 2.75) is 26.4 Å². The van der Waals surface area contributed by atoms with Gasteiger partial charge in [0.1, 0.15) is 6.04 Å². The SMILES string of the molecule is CCN(CC)C(C(=O)Nc1cccc(Cn2nc3ccccn3c2=O)c1)c1ccccc1. The van der Waals surface area contributed by atoms with Crippen LogP contribution in [0.2, 0.25) is 0 Å². The van der Waals surface area contributed by atoms with Crippen LogP contribution in [-0.2, 0) is 11.3 Å². The number of carbonyl (C=O) groups excluding carboxylic acids is 1. The lowest BCUT2D eigenvalue weighted by molar-refractivity contribution is -0.121. The minimum absolute atomic E-state index is 0.0815. The van der Waals surface area contributed by atoms with Gasteiger partial charge in [0.05, 0.1) is 6.54 Å². The molecule has 0 saturated heterocycles. The third-order valence-electron chi connectivity index (χ3n) is 5.56. The number of carbonyl (C=O) groups is 1. The number of anilines is 1. The normalized spacial score (nSPS) is 12.2. The second kappa shape index (κ2) is 9.62. The van der Waals surface area contributed by atoms with Crippen LogP contribution < -0.4 is 11.0 Å². The van der Waals surface area contributed by atoms with Crippen molar-refractivity contribution in [1.82, 2.24) is 19.1 Å². The summed E-state index contributed by atoms with van der Waals surface area (Å²) >= 11 is 0. The lowest BCUT2D eigenvalue weighted by Gasteiger charge is -2.29. The van der Waals surface area contributed by atoms with Gasteiger partial charge in [-0.3, -0.25) is 14.1 Å². The highest BCUT2D eigenvalue weighted by molar-refractivity contribution is 5.95. The number of rotatable bonds is 8. The molecule has 4 rings (SSSR count). The van der Waals surface area contributed by atoms with E-state index in [1.54, 1.807) is 18.3 Å². The van der Waals surface area contributed by atoms with E-state index in [2.05, 4.69) is 29.2 Å². The van der Waals surface area contributed by atoms with E-state index in [1.165, 1.54) is 9.08 Å². The third kappa shape index (κ3) is 4.48. The quantitative estimate of drug-likeness (QED) is 0.465. The van der Waals surface area contributed by atoms with Gasteiger partial charge in [0, 0.05) is 11.9 Å². The summed E-state index contributed by atoms with van der Waals surface area (Å²) in [5, 5.41) is 7.45. The molecule has 1 unspecified atom stereocenters. The number of hydrogen-bond acceptors (Lipinski definition) is 4. The molecule has 0 bridgehead atoms. The van der Waals surface area contributed by atoms with Crippen molar-refractivity contribution >= 4 is 17.2 Å². The summed E-state index contributed by atoms with van der Waals surface area (Å²) in [6.07, 6.45) is 1.70. The number of amides is 1. The highest BCUT2D eigenvalue weighted by atomic mass is 16.2. The molecule has 164 valence electrons. The molecule has 7 heteroatoms. The smallest absolute Gasteiger partial charge is 0.324 e. The van der Waals surface area contributed by atoms with E-state index in [1.807, 2.05) is 60.7 Å². The zero-order chi connectivity index (χ0) is 22.5. The van der Waals surface area contributed by atoms with E-state index in [0.717, 1.165) is 24.2 Å². The predicted octanol–water partition coefficient (Wildman–Crippen LogP) is 3.57. The van der Waals surface area contributed by atoms with Crippen LogP contribution in [0.15, 0.2) is 83.8 Å². The highest BCUT2D eigenvalue weighted by Gasteiger charge is 2.25. The lowest BCUT2D eigenvalue weighted by Crippen LogP contribution is -2.37.